The van der Waals surface area contributed by atoms with Gasteiger partial charge in [0.1, 0.15) is 11.8 Å². The van der Waals surface area contributed by atoms with Crippen LogP contribution in [0.4, 0.5) is 11.4 Å². The molecule has 2 amide bonds. The van der Waals surface area contributed by atoms with Crippen molar-refractivity contribution in [3.63, 3.8) is 0 Å². The third-order valence-corrected chi connectivity index (χ3v) is 5.65. The van der Waals surface area contributed by atoms with E-state index in [1.54, 1.807) is 48.5 Å². The minimum absolute atomic E-state index is 0.287. The summed E-state index contributed by atoms with van der Waals surface area (Å²) in [6, 6.07) is 12.0. The molecule has 0 unspecified atom stereocenters. The maximum atomic E-state index is 13.0. The van der Waals surface area contributed by atoms with E-state index >= 15 is 0 Å². The number of rotatable bonds is 8. The number of hydrogen-bond donors (Lipinski definition) is 2. The normalized spacial score (nSPS) is 12.6. The van der Waals surface area contributed by atoms with E-state index in [1.807, 2.05) is 27.7 Å². The van der Waals surface area contributed by atoms with Crippen LogP contribution in [0.3, 0.4) is 0 Å². The minimum atomic E-state index is -3.78. The van der Waals surface area contributed by atoms with E-state index < -0.39 is 27.5 Å². The van der Waals surface area contributed by atoms with Gasteiger partial charge in [0.2, 0.25) is 15.9 Å². The van der Waals surface area contributed by atoms with E-state index in [-0.39, 0.29) is 11.5 Å². The van der Waals surface area contributed by atoms with Gasteiger partial charge < -0.3 is 15.4 Å². The van der Waals surface area contributed by atoms with Crippen LogP contribution >= 0.6 is 0 Å². The smallest absolute Gasteiger partial charge is 0.253 e. The number of para-hydroxylation sites is 1. The molecular formula is C23H31N3O5S. The average Bonchev–Trinajstić information content (AvgIpc) is 2.67. The lowest BCUT2D eigenvalue weighted by atomic mass is 10.1. The second-order valence-electron chi connectivity index (χ2n) is 8.40. The highest BCUT2D eigenvalue weighted by Crippen LogP contribution is 2.25. The molecule has 2 aromatic carbocycles. The first-order valence-electron chi connectivity index (χ1n) is 10.3. The van der Waals surface area contributed by atoms with Crippen molar-refractivity contribution in [3.05, 3.63) is 54.1 Å². The highest BCUT2D eigenvalue weighted by molar-refractivity contribution is 7.92. The molecule has 0 bridgehead atoms. The van der Waals surface area contributed by atoms with Crippen molar-refractivity contribution in [2.75, 3.05) is 22.5 Å². The zero-order chi connectivity index (χ0) is 24.1. The van der Waals surface area contributed by atoms with E-state index in [1.165, 1.54) is 6.92 Å². The standard InChI is InChI=1S/C23H31N3O5S/c1-7-31-18-14-12-17(13-15-18)26(32(6,29)30)16(2)21(27)24-20-11-9-8-10-19(20)22(28)25-23(3,4)5/h8-16H,7H2,1-6H3,(H,24,27)(H,25,28)/t16-/m0/s1. The van der Waals surface area contributed by atoms with Crippen LogP contribution < -0.4 is 19.7 Å². The van der Waals surface area contributed by atoms with Crippen LogP contribution in [0.5, 0.6) is 5.75 Å². The molecule has 9 heteroatoms. The number of anilines is 2. The summed E-state index contributed by atoms with van der Waals surface area (Å²) in [6.45, 7) is 9.39. The largest absolute Gasteiger partial charge is 0.494 e. The Morgan fingerprint density at radius 3 is 2.19 bits per heavy atom. The lowest BCUT2D eigenvalue weighted by Crippen LogP contribution is -2.45. The van der Waals surface area contributed by atoms with Crippen molar-refractivity contribution in [3.8, 4) is 5.75 Å². The van der Waals surface area contributed by atoms with E-state index in [2.05, 4.69) is 10.6 Å². The van der Waals surface area contributed by atoms with Crippen LogP contribution in [-0.4, -0.2) is 44.7 Å². The van der Waals surface area contributed by atoms with Gasteiger partial charge in [-0.2, -0.15) is 0 Å². The minimum Gasteiger partial charge on any atom is -0.494 e. The number of nitrogens with zero attached hydrogens (tertiary/aromatic N) is 1. The molecular weight excluding hydrogens is 430 g/mol. The highest BCUT2D eigenvalue weighted by Gasteiger charge is 2.30. The summed E-state index contributed by atoms with van der Waals surface area (Å²) in [4.78, 5) is 25.7. The van der Waals surface area contributed by atoms with Crippen molar-refractivity contribution in [2.45, 2.75) is 46.2 Å². The zero-order valence-electron chi connectivity index (χ0n) is 19.3. The van der Waals surface area contributed by atoms with Gasteiger partial charge >= 0.3 is 0 Å². The Labute approximate surface area is 190 Å². The van der Waals surface area contributed by atoms with Gasteiger partial charge in [0.15, 0.2) is 0 Å². The Kier molecular flexibility index (Phi) is 7.90. The van der Waals surface area contributed by atoms with Crippen molar-refractivity contribution in [1.29, 1.82) is 0 Å². The number of sulfonamides is 1. The summed E-state index contributed by atoms with van der Waals surface area (Å²) in [5, 5.41) is 5.56. The van der Waals surface area contributed by atoms with Gasteiger partial charge in [-0.15, -0.1) is 0 Å². The maximum absolute atomic E-state index is 13.0. The number of carbonyl (C=O) groups is 2. The SMILES string of the molecule is CCOc1ccc(N([C@@H](C)C(=O)Nc2ccccc2C(=O)NC(C)(C)C)S(C)(=O)=O)cc1. The second kappa shape index (κ2) is 10.0. The van der Waals surface area contributed by atoms with Gasteiger partial charge in [-0.1, -0.05) is 12.1 Å². The van der Waals surface area contributed by atoms with Crippen molar-refractivity contribution in [2.24, 2.45) is 0 Å². The molecule has 0 aliphatic rings. The Morgan fingerprint density at radius 1 is 1.06 bits per heavy atom. The third-order valence-electron chi connectivity index (χ3n) is 4.41. The van der Waals surface area contributed by atoms with Crippen molar-refractivity contribution >= 4 is 33.2 Å². The van der Waals surface area contributed by atoms with Gasteiger partial charge in [-0.25, -0.2) is 8.42 Å². The first-order valence-corrected chi connectivity index (χ1v) is 12.1. The van der Waals surface area contributed by atoms with Crippen LogP contribution in [0, 0.1) is 0 Å². The first kappa shape index (κ1) is 25.2. The van der Waals surface area contributed by atoms with Gasteiger partial charge in [0, 0.05) is 5.54 Å². The number of hydrogen-bond acceptors (Lipinski definition) is 5. The summed E-state index contributed by atoms with van der Waals surface area (Å²) < 4.78 is 31.5. The van der Waals surface area contributed by atoms with Crippen LogP contribution in [-0.2, 0) is 14.8 Å². The molecule has 0 aliphatic carbocycles. The summed E-state index contributed by atoms with van der Waals surface area (Å²) in [7, 11) is -3.78. The van der Waals surface area contributed by atoms with E-state index in [4.69, 9.17) is 4.74 Å². The lowest BCUT2D eigenvalue weighted by Gasteiger charge is -2.28. The van der Waals surface area contributed by atoms with Crippen LogP contribution in [0.15, 0.2) is 48.5 Å². The number of amides is 2. The summed E-state index contributed by atoms with van der Waals surface area (Å²) in [5.41, 5.74) is 0.459. The molecule has 174 valence electrons. The summed E-state index contributed by atoms with van der Waals surface area (Å²) >= 11 is 0. The molecule has 0 saturated carbocycles. The number of ether oxygens (including phenoxy) is 1. The molecule has 0 heterocycles. The predicted molar refractivity (Wildman–Crippen MR) is 127 cm³/mol. The van der Waals surface area contributed by atoms with Crippen molar-refractivity contribution in [1.82, 2.24) is 5.32 Å². The fraction of sp³-hybridized carbons (Fsp3) is 0.391. The van der Waals surface area contributed by atoms with Crippen LogP contribution in [0.25, 0.3) is 0 Å². The topological polar surface area (TPSA) is 105 Å². The van der Waals surface area contributed by atoms with Crippen molar-refractivity contribution < 1.29 is 22.7 Å². The zero-order valence-corrected chi connectivity index (χ0v) is 20.1. The summed E-state index contributed by atoms with van der Waals surface area (Å²) in [5.74, 6) is -0.312. The Bertz CT molecular complexity index is 1060. The molecule has 0 spiro atoms. The fourth-order valence-electron chi connectivity index (χ4n) is 3.10. The number of nitrogens with one attached hydrogen (secondary N) is 2. The monoisotopic (exact) mass is 461 g/mol. The molecule has 0 aliphatic heterocycles. The van der Waals surface area contributed by atoms with Gasteiger partial charge in [0.25, 0.3) is 5.91 Å². The molecule has 2 N–H and O–H groups in total. The third kappa shape index (κ3) is 6.71. The van der Waals surface area contributed by atoms with Crippen LogP contribution in [0.1, 0.15) is 45.0 Å². The molecule has 2 aromatic rings. The Balaban J connectivity index is 2.31. The molecule has 0 aromatic heterocycles. The number of benzene rings is 2. The lowest BCUT2D eigenvalue weighted by molar-refractivity contribution is -0.116. The van der Waals surface area contributed by atoms with E-state index in [0.29, 0.717) is 23.7 Å². The summed E-state index contributed by atoms with van der Waals surface area (Å²) in [6.07, 6.45) is 1.04. The van der Waals surface area contributed by atoms with E-state index in [9.17, 15) is 18.0 Å². The molecule has 8 nitrogen and oxygen atoms in total. The first-order chi connectivity index (χ1) is 14.8. The van der Waals surface area contributed by atoms with Crippen LogP contribution in [0.2, 0.25) is 0 Å². The number of carbonyl (C=O) groups excluding carboxylic acids is 2. The Morgan fingerprint density at radius 2 is 1.66 bits per heavy atom. The van der Waals surface area contributed by atoms with Gasteiger partial charge in [-0.3, -0.25) is 13.9 Å². The highest BCUT2D eigenvalue weighted by atomic mass is 32.2. The molecule has 1 atom stereocenters. The maximum Gasteiger partial charge on any atom is 0.253 e. The molecule has 0 saturated heterocycles. The second-order valence-corrected chi connectivity index (χ2v) is 10.3. The molecule has 2 rings (SSSR count). The molecule has 0 radical (unpaired) electrons. The molecule has 32 heavy (non-hydrogen) atoms. The van der Waals surface area contributed by atoms with E-state index in [0.717, 1.165) is 10.6 Å². The Hall–Kier alpha value is -3.07. The van der Waals surface area contributed by atoms with Gasteiger partial charge in [0.05, 0.1) is 29.8 Å². The fourth-order valence-corrected chi connectivity index (χ4v) is 4.27. The molecule has 0 fully saturated rings. The average molecular weight is 462 g/mol. The quantitative estimate of drug-likeness (QED) is 0.627. The van der Waals surface area contributed by atoms with Gasteiger partial charge in [-0.05, 0) is 71.0 Å². The predicted octanol–water partition coefficient (Wildman–Crippen LogP) is 3.41.